The number of rotatable bonds is 4. The highest BCUT2D eigenvalue weighted by atomic mass is 32.1. The fourth-order valence-electron chi connectivity index (χ4n) is 2.86. The van der Waals surface area contributed by atoms with Crippen molar-refractivity contribution in [2.75, 3.05) is 36.5 Å². The number of nitrogens with one attached hydrogen (secondary N) is 1. The van der Waals surface area contributed by atoms with Crippen molar-refractivity contribution in [3.63, 3.8) is 0 Å². The zero-order chi connectivity index (χ0) is 17.8. The zero-order valence-electron chi connectivity index (χ0n) is 14.2. The van der Waals surface area contributed by atoms with Crippen LogP contribution >= 0.6 is 11.3 Å². The van der Waals surface area contributed by atoms with Crippen molar-refractivity contribution in [3.8, 4) is 10.6 Å². The van der Waals surface area contributed by atoms with Gasteiger partial charge in [-0.1, -0.05) is 30.3 Å². The summed E-state index contributed by atoms with van der Waals surface area (Å²) in [6.07, 6.45) is 1.63. The smallest absolute Gasteiger partial charge is 0.267 e. The molecule has 1 N–H and O–H groups in total. The lowest BCUT2D eigenvalue weighted by atomic mass is 10.2. The van der Waals surface area contributed by atoms with Crippen LogP contribution in [-0.4, -0.2) is 37.2 Å². The number of nitrogens with zero attached hydrogens (tertiary/aromatic N) is 2. The predicted molar refractivity (Wildman–Crippen MR) is 105 cm³/mol. The molecule has 0 aliphatic carbocycles. The summed E-state index contributed by atoms with van der Waals surface area (Å²) >= 11 is 1.39. The van der Waals surface area contributed by atoms with Gasteiger partial charge >= 0.3 is 0 Å². The average molecular weight is 365 g/mol. The highest BCUT2D eigenvalue weighted by Gasteiger charge is 2.13. The molecule has 3 aromatic rings. The molecule has 0 atom stereocenters. The Morgan fingerprint density at radius 2 is 1.77 bits per heavy atom. The number of carbonyl (C=O) groups is 1. The van der Waals surface area contributed by atoms with Gasteiger partial charge in [0.2, 0.25) is 0 Å². The molecule has 0 saturated carbocycles. The van der Waals surface area contributed by atoms with Gasteiger partial charge in [0.1, 0.15) is 9.88 Å². The van der Waals surface area contributed by atoms with Gasteiger partial charge in [-0.05, 0) is 24.3 Å². The molecule has 1 amide bonds. The highest BCUT2D eigenvalue weighted by molar-refractivity contribution is 7.17. The van der Waals surface area contributed by atoms with Gasteiger partial charge in [-0.25, -0.2) is 4.98 Å². The lowest BCUT2D eigenvalue weighted by Crippen LogP contribution is -2.36. The number of benzene rings is 2. The monoisotopic (exact) mass is 365 g/mol. The molecule has 1 aliphatic heterocycles. The van der Waals surface area contributed by atoms with Crippen molar-refractivity contribution in [1.29, 1.82) is 0 Å². The van der Waals surface area contributed by atoms with Gasteiger partial charge in [0, 0.05) is 30.0 Å². The first kappa shape index (κ1) is 16.8. The average Bonchev–Trinajstić information content (AvgIpc) is 3.20. The number of amides is 1. The van der Waals surface area contributed by atoms with Crippen molar-refractivity contribution >= 4 is 28.6 Å². The van der Waals surface area contributed by atoms with Crippen LogP contribution in [0.4, 0.5) is 11.4 Å². The topological polar surface area (TPSA) is 54.5 Å². The number of hydrogen-bond acceptors (Lipinski definition) is 5. The molecule has 0 radical (unpaired) electrons. The van der Waals surface area contributed by atoms with Crippen LogP contribution in [0, 0.1) is 0 Å². The Morgan fingerprint density at radius 1 is 1.04 bits per heavy atom. The van der Waals surface area contributed by atoms with E-state index in [2.05, 4.69) is 15.2 Å². The maximum absolute atomic E-state index is 12.5. The maximum atomic E-state index is 12.5. The van der Waals surface area contributed by atoms with Crippen molar-refractivity contribution < 1.29 is 9.53 Å². The van der Waals surface area contributed by atoms with E-state index in [-0.39, 0.29) is 5.91 Å². The van der Waals surface area contributed by atoms with Gasteiger partial charge in [0.25, 0.3) is 5.91 Å². The minimum Gasteiger partial charge on any atom is -0.378 e. The van der Waals surface area contributed by atoms with E-state index in [0.717, 1.165) is 48.2 Å². The van der Waals surface area contributed by atoms with Crippen molar-refractivity contribution in [1.82, 2.24) is 4.98 Å². The van der Waals surface area contributed by atoms with Gasteiger partial charge in [-0.15, -0.1) is 11.3 Å². The van der Waals surface area contributed by atoms with Crippen molar-refractivity contribution in [3.05, 3.63) is 65.7 Å². The lowest BCUT2D eigenvalue weighted by molar-refractivity contribution is 0.103. The Kier molecular flexibility index (Phi) is 4.95. The van der Waals surface area contributed by atoms with Gasteiger partial charge < -0.3 is 15.0 Å². The molecule has 0 spiro atoms. The summed E-state index contributed by atoms with van der Waals surface area (Å²) < 4.78 is 5.38. The summed E-state index contributed by atoms with van der Waals surface area (Å²) in [6, 6.07) is 17.8. The second kappa shape index (κ2) is 7.68. The Bertz CT molecular complexity index is 872. The molecule has 1 saturated heterocycles. The van der Waals surface area contributed by atoms with Gasteiger partial charge in [-0.3, -0.25) is 4.79 Å². The van der Waals surface area contributed by atoms with E-state index in [4.69, 9.17) is 4.74 Å². The Balaban J connectivity index is 1.42. The van der Waals surface area contributed by atoms with Crippen molar-refractivity contribution in [2.45, 2.75) is 0 Å². The summed E-state index contributed by atoms with van der Waals surface area (Å²) in [5, 5.41) is 3.79. The second-order valence-corrected chi connectivity index (χ2v) is 7.03. The lowest BCUT2D eigenvalue weighted by Gasteiger charge is -2.28. The molecular formula is C20H19N3O2S. The minimum atomic E-state index is -0.135. The summed E-state index contributed by atoms with van der Waals surface area (Å²) in [6.45, 7) is 3.31. The van der Waals surface area contributed by atoms with Gasteiger partial charge in [0.15, 0.2) is 0 Å². The van der Waals surface area contributed by atoms with Crippen LogP contribution in [-0.2, 0) is 4.74 Å². The number of aromatic nitrogens is 1. The molecule has 26 heavy (non-hydrogen) atoms. The van der Waals surface area contributed by atoms with E-state index in [1.807, 2.05) is 54.6 Å². The molecule has 6 heteroatoms. The number of hydrogen-bond donors (Lipinski definition) is 1. The van der Waals surface area contributed by atoms with Crippen LogP contribution in [0.1, 0.15) is 9.67 Å². The number of ether oxygens (including phenoxy) is 1. The Hall–Kier alpha value is -2.70. The van der Waals surface area contributed by atoms with Crippen LogP contribution in [0.25, 0.3) is 10.6 Å². The third-order valence-corrected chi connectivity index (χ3v) is 5.30. The SMILES string of the molecule is O=C(Nc1ccc(N2CCOCC2)cc1)c1cnc(-c2ccccc2)s1. The largest absolute Gasteiger partial charge is 0.378 e. The fraction of sp³-hybridized carbons (Fsp3) is 0.200. The number of thiazole rings is 1. The molecule has 1 fully saturated rings. The van der Waals surface area contributed by atoms with Crippen LogP contribution in [0.5, 0.6) is 0 Å². The molecule has 0 bridgehead atoms. The molecule has 5 nitrogen and oxygen atoms in total. The molecule has 132 valence electrons. The minimum absolute atomic E-state index is 0.135. The van der Waals surface area contributed by atoms with Crippen LogP contribution in [0.2, 0.25) is 0 Å². The summed E-state index contributed by atoms with van der Waals surface area (Å²) in [4.78, 5) is 19.7. The number of morpholine rings is 1. The van der Waals surface area contributed by atoms with Gasteiger partial charge in [-0.2, -0.15) is 0 Å². The molecule has 4 rings (SSSR count). The fourth-order valence-corrected chi connectivity index (χ4v) is 3.68. The van der Waals surface area contributed by atoms with Crippen LogP contribution < -0.4 is 10.2 Å². The maximum Gasteiger partial charge on any atom is 0.267 e. The van der Waals surface area contributed by atoms with Crippen LogP contribution in [0.15, 0.2) is 60.8 Å². The third kappa shape index (κ3) is 3.76. The highest BCUT2D eigenvalue weighted by Crippen LogP contribution is 2.26. The zero-order valence-corrected chi connectivity index (χ0v) is 15.0. The standard InChI is InChI=1S/C20H19N3O2S/c24-19(18-14-21-20(26-18)15-4-2-1-3-5-15)22-16-6-8-17(9-7-16)23-10-12-25-13-11-23/h1-9,14H,10-13H2,(H,22,24). The number of anilines is 2. The molecule has 2 aromatic carbocycles. The van der Waals surface area contributed by atoms with E-state index in [1.165, 1.54) is 11.3 Å². The first-order valence-electron chi connectivity index (χ1n) is 8.55. The quantitative estimate of drug-likeness (QED) is 0.762. The van der Waals surface area contributed by atoms with E-state index >= 15 is 0 Å². The third-order valence-electron chi connectivity index (χ3n) is 4.25. The summed E-state index contributed by atoms with van der Waals surface area (Å²) in [5.74, 6) is -0.135. The molecular weight excluding hydrogens is 346 g/mol. The molecule has 0 unspecified atom stereocenters. The second-order valence-electron chi connectivity index (χ2n) is 6.00. The van der Waals surface area contributed by atoms with E-state index in [1.54, 1.807) is 6.20 Å². The van der Waals surface area contributed by atoms with Crippen LogP contribution in [0.3, 0.4) is 0 Å². The van der Waals surface area contributed by atoms with Crippen molar-refractivity contribution in [2.24, 2.45) is 0 Å². The normalized spacial score (nSPS) is 14.2. The first-order chi connectivity index (χ1) is 12.8. The van der Waals surface area contributed by atoms with E-state index in [0.29, 0.717) is 4.88 Å². The Morgan fingerprint density at radius 3 is 2.50 bits per heavy atom. The molecule has 1 aliphatic rings. The summed E-state index contributed by atoms with van der Waals surface area (Å²) in [7, 11) is 0. The Labute approximate surface area is 156 Å². The van der Waals surface area contributed by atoms with E-state index in [9.17, 15) is 4.79 Å². The van der Waals surface area contributed by atoms with Gasteiger partial charge in [0.05, 0.1) is 19.4 Å². The first-order valence-corrected chi connectivity index (χ1v) is 9.36. The molecule has 1 aromatic heterocycles. The van der Waals surface area contributed by atoms with E-state index < -0.39 is 0 Å². The predicted octanol–water partition coefficient (Wildman–Crippen LogP) is 3.90. The number of carbonyl (C=O) groups excluding carboxylic acids is 1. The molecule has 2 heterocycles. The summed E-state index contributed by atoms with van der Waals surface area (Å²) in [5.41, 5.74) is 2.95.